The van der Waals surface area contributed by atoms with E-state index in [9.17, 15) is 27.1 Å². The van der Waals surface area contributed by atoms with Gasteiger partial charge in [0.15, 0.2) is 10.6 Å². The Morgan fingerprint density at radius 2 is 1.98 bits per heavy atom. The van der Waals surface area contributed by atoms with Crippen LogP contribution in [-0.4, -0.2) is 73.8 Å². The van der Waals surface area contributed by atoms with E-state index < -0.39 is 28.5 Å². The van der Waals surface area contributed by atoms with Crippen molar-refractivity contribution in [1.29, 1.82) is 0 Å². The number of ether oxygens (including phenoxy) is 1. The van der Waals surface area contributed by atoms with Crippen LogP contribution >= 0.6 is 0 Å². The van der Waals surface area contributed by atoms with Gasteiger partial charge in [0, 0.05) is 25.9 Å². The highest BCUT2D eigenvalue weighted by Crippen LogP contribution is 2.37. The molecule has 0 fully saturated rings. The van der Waals surface area contributed by atoms with Gasteiger partial charge in [-0.3, -0.25) is 4.79 Å². The minimum absolute atomic E-state index is 0.0520. The molecule has 14 heteroatoms. The molecule has 1 atom stereocenters. The van der Waals surface area contributed by atoms with Gasteiger partial charge in [-0.15, -0.1) is 5.10 Å². The van der Waals surface area contributed by atoms with E-state index in [0.717, 1.165) is 30.5 Å². The second-order valence-corrected chi connectivity index (χ2v) is 13.0. The molecule has 2 aliphatic rings. The van der Waals surface area contributed by atoms with Gasteiger partial charge in [0.2, 0.25) is 0 Å². The first kappa shape index (κ1) is 29.8. The topological polar surface area (TPSA) is 131 Å². The van der Waals surface area contributed by atoms with Gasteiger partial charge in [-0.2, -0.15) is 13.1 Å². The molecule has 0 aliphatic carbocycles. The zero-order valence-corrected chi connectivity index (χ0v) is 25.0. The van der Waals surface area contributed by atoms with Crippen LogP contribution in [0.5, 0.6) is 5.75 Å². The van der Waals surface area contributed by atoms with E-state index in [0.29, 0.717) is 29.1 Å². The predicted octanol–water partition coefficient (Wildman–Crippen LogP) is 4.35. The van der Waals surface area contributed by atoms with Crippen LogP contribution in [0.4, 0.5) is 14.6 Å². The van der Waals surface area contributed by atoms with Gasteiger partial charge in [0.1, 0.15) is 17.2 Å². The van der Waals surface area contributed by atoms with Crippen molar-refractivity contribution in [2.45, 2.75) is 56.6 Å². The summed E-state index contributed by atoms with van der Waals surface area (Å²) in [4.78, 5) is 16.6. The number of carbonyl (C=O) groups is 1. The molecule has 4 aromatic rings. The molecule has 1 N–H and O–H groups in total. The van der Waals surface area contributed by atoms with Crippen LogP contribution in [0.3, 0.4) is 0 Å². The van der Waals surface area contributed by atoms with Gasteiger partial charge < -0.3 is 9.84 Å². The second-order valence-electron chi connectivity index (χ2n) is 11.1. The highest BCUT2D eigenvalue weighted by molar-refractivity contribution is 7.89. The Labute approximate surface area is 252 Å². The molecule has 0 saturated heterocycles. The Balaban J connectivity index is 1.42. The van der Waals surface area contributed by atoms with Crippen LogP contribution < -0.4 is 4.74 Å². The van der Waals surface area contributed by atoms with Crippen molar-refractivity contribution in [2.75, 3.05) is 13.1 Å². The molecular formula is C30H31F2N6O5S+. The summed E-state index contributed by atoms with van der Waals surface area (Å²) in [7, 11) is -2.38. The number of aliphatic carboxylic acids is 1. The van der Waals surface area contributed by atoms with E-state index in [-0.39, 0.29) is 41.2 Å². The third kappa shape index (κ3) is 5.54. The predicted molar refractivity (Wildman–Crippen MR) is 156 cm³/mol. The summed E-state index contributed by atoms with van der Waals surface area (Å²) in [6, 6.07) is 11.6. The summed E-state index contributed by atoms with van der Waals surface area (Å²) in [5.74, 6) is -1.59. The Kier molecular flexibility index (Phi) is 7.88. The molecule has 230 valence electrons. The number of rotatable bonds is 8. The van der Waals surface area contributed by atoms with E-state index in [2.05, 4.69) is 15.3 Å². The first-order valence-corrected chi connectivity index (χ1v) is 15.6. The van der Waals surface area contributed by atoms with Gasteiger partial charge in [-0.25, -0.2) is 17.7 Å². The summed E-state index contributed by atoms with van der Waals surface area (Å²) in [5, 5.41) is 17.8. The summed E-state index contributed by atoms with van der Waals surface area (Å²) >= 11 is 0. The van der Waals surface area contributed by atoms with Crippen molar-refractivity contribution < 1.29 is 36.4 Å². The number of alkyl halides is 2. The number of aromatic nitrogens is 4. The lowest BCUT2D eigenvalue weighted by Gasteiger charge is -2.24. The van der Waals surface area contributed by atoms with Crippen LogP contribution in [0.25, 0.3) is 11.0 Å². The number of hydrogen-bond donors (Lipinski definition) is 1. The minimum Gasteiger partial charge on any atom is -0.481 e. The molecule has 0 spiro atoms. The molecule has 0 unspecified atom stereocenters. The third-order valence-electron chi connectivity index (χ3n) is 8.27. The Hall–Kier alpha value is -4.30. The average molecular weight is 626 g/mol. The van der Waals surface area contributed by atoms with E-state index in [1.807, 2.05) is 17.6 Å². The van der Waals surface area contributed by atoms with Gasteiger partial charge in [-0.1, -0.05) is 23.4 Å². The van der Waals surface area contributed by atoms with Crippen molar-refractivity contribution >= 4 is 38.6 Å². The third-order valence-corrected chi connectivity index (χ3v) is 10.1. The van der Waals surface area contributed by atoms with Crippen molar-refractivity contribution in [3.8, 4) is 5.75 Å². The first-order chi connectivity index (χ1) is 21.0. The molecule has 2 aromatic carbocycles. The Morgan fingerprint density at radius 3 is 2.75 bits per heavy atom. The second kappa shape index (κ2) is 11.7. The van der Waals surface area contributed by atoms with Crippen molar-refractivity contribution in [1.82, 2.24) is 24.3 Å². The maximum atomic E-state index is 14.0. The molecule has 4 heterocycles. The standard InChI is InChI=1S/C30H30F2N6O5S/c1-18-8-9-19(23(15-27(39)40)20-13-24-28(36(2)35-34-24)25(14-20)43-30(31)32)12-21(18)16-37-17-22-6-3-4-11-38(22)29-26(44(37,41)42)7-5-10-33-29/h5,7-10,12-14,23,30H,3-4,6,11,15-17H2,1-2H3/p+1/t23-/m0/s1. The highest BCUT2D eigenvalue weighted by atomic mass is 32.2. The summed E-state index contributed by atoms with van der Waals surface area (Å²) in [6.07, 6.45) is 3.91. The fourth-order valence-electron chi connectivity index (χ4n) is 6.10. The normalized spacial score (nSPS) is 17.3. The number of benzene rings is 2. The van der Waals surface area contributed by atoms with Gasteiger partial charge in [0.25, 0.3) is 10.0 Å². The fourth-order valence-corrected chi connectivity index (χ4v) is 7.65. The Bertz CT molecular complexity index is 1910. The summed E-state index contributed by atoms with van der Waals surface area (Å²) in [6.45, 7) is -0.289. The lowest BCUT2D eigenvalue weighted by atomic mass is 9.86. The molecule has 0 amide bonds. The number of carboxylic acid groups (broad SMARTS) is 1. The quantitative estimate of drug-likeness (QED) is 0.286. The number of pyridine rings is 1. The average Bonchev–Trinajstić information content (AvgIpc) is 3.33. The zero-order valence-electron chi connectivity index (χ0n) is 24.2. The number of fused-ring (bicyclic) bond motifs is 3. The van der Waals surface area contributed by atoms with Crippen LogP contribution in [0.15, 0.2) is 53.6 Å². The van der Waals surface area contributed by atoms with Crippen LogP contribution in [-0.2, 0) is 28.4 Å². The number of halogens is 2. The number of nitrogens with zero attached hydrogens (tertiary/aromatic N) is 6. The number of aryl methyl sites for hydroxylation is 2. The highest BCUT2D eigenvalue weighted by Gasteiger charge is 2.39. The van der Waals surface area contributed by atoms with Gasteiger partial charge in [0.05, 0.1) is 25.2 Å². The van der Waals surface area contributed by atoms with Gasteiger partial charge >= 0.3 is 18.4 Å². The van der Waals surface area contributed by atoms with Crippen molar-refractivity contribution in [2.24, 2.45) is 7.05 Å². The zero-order chi connectivity index (χ0) is 31.2. The molecule has 0 radical (unpaired) electrons. The largest absolute Gasteiger partial charge is 0.481 e. The maximum absolute atomic E-state index is 14.0. The molecule has 2 aliphatic heterocycles. The number of hydrogen-bond acceptors (Lipinski definition) is 7. The monoisotopic (exact) mass is 625 g/mol. The summed E-state index contributed by atoms with van der Waals surface area (Å²) in [5.41, 5.74) is 4.02. The molecule has 6 rings (SSSR count). The maximum Gasteiger partial charge on any atom is 0.387 e. The van der Waals surface area contributed by atoms with Gasteiger partial charge in [-0.05, 0) is 71.3 Å². The van der Waals surface area contributed by atoms with Crippen LogP contribution in [0.2, 0.25) is 0 Å². The SMILES string of the molecule is Cc1ccc([C@H](CC(=O)O)c2cc(OC(F)F)c3c(c2)nnn3C)cc1CN1CC2=[N+](CCCC2)c2ncccc2S1(=O)=O. The van der Waals surface area contributed by atoms with E-state index in [1.165, 1.54) is 15.1 Å². The van der Waals surface area contributed by atoms with E-state index in [1.54, 1.807) is 43.6 Å². The molecule has 11 nitrogen and oxygen atoms in total. The van der Waals surface area contributed by atoms with Crippen molar-refractivity contribution in [3.63, 3.8) is 0 Å². The van der Waals surface area contributed by atoms with Crippen molar-refractivity contribution in [3.05, 3.63) is 70.9 Å². The smallest absolute Gasteiger partial charge is 0.387 e. The van der Waals surface area contributed by atoms with Crippen LogP contribution in [0, 0.1) is 6.92 Å². The molecule has 0 bridgehead atoms. The molecule has 44 heavy (non-hydrogen) atoms. The summed E-state index contributed by atoms with van der Waals surface area (Å²) < 4.78 is 64.2. The molecular weight excluding hydrogens is 594 g/mol. The lowest BCUT2D eigenvalue weighted by Crippen LogP contribution is -2.36. The van der Waals surface area contributed by atoms with Crippen LogP contribution in [0.1, 0.15) is 53.9 Å². The van der Waals surface area contributed by atoms with E-state index >= 15 is 0 Å². The number of sulfonamides is 1. The first-order valence-electron chi connectivity index (χ1n) is 14.2. The minimum atomic E-state index is -3.93. The number of carboxylic acids is 1. The van der Waals surface area contributed by atoms with E-state index in [4.69, 9.17) is 4.74 Å². The molecule has 2 aromatic heterocycles. The fraction of sp³-hybridized carbons (Fsp3) is 0.367. The molecule has 0 saturated carbocycles. The lowest BCUT2D eigenvalue weighted by molar-refractivity contribution is -0.454. The Morgan fingerprint density at radius 1 is 1.16 bits per heavy atom.